The predicted octanol–water partition coefficient (Wildman–Crippen LogP) is 4.41. The van der Waals surface area contributed by atoms with E-state index in [1.165, 1.54) is 25.0 Å². The van der Waals surface area contributed by atoms with Crippen molar-refractivity contribution in [2.45, 2.75) is 32.5 Å². The van der Waals surface area contributed by atoms with E-state index in [0.717, 1.165) is 27.8 Å². The van der Waals surface area contributed by atoms with E-state index < -0.39 is 8.07 Å². The maximum atomic E-state index is 14.1. The third kappa shape index (κ3) is 4.32. The van der Waals surface area contributed by atoms with Crippen LogP contribution in [0.3, 0.4) is 0 Å². The lowest BCUT2D eigenvalue weighted by molar-refractivity contribution is 0.299. The number of pyridine rings is 1. The Labute approximate surface area is 193 Å². The van der Waals surface area contributed by atoms with Gasteiger partial charge in [-0.15, -0.1) is 0 Å². The Kier molecular flexibility index (Phi) is 5.36. The fourth-order valence-corrected chi connectivity index (χ4v) is 5.20. The molecule has 1 aliphatic carbocycles. The smallest absolute Gasteiger partial charge is 0.131 e. The molecule has 4 aromatic rings. The van der Waals surface area contributed by atoms with Crippen LogP contribution >= 0.6 is 0 Å². The third-order valence-electron chi connectivity index (χ3n) is 5.84. The highest BCUT2D eigenvalue weighted by Gasteiger charge is 2.27. The van der Waals surface area contributed by atoms with Crippen molar-refractivity contribution >= 4 is 13.4 Å². The van der Waals surface area contributed by atoms with Crippen molar-refractivity contribution in [3.63, 3.8) is 0 Å². The van der Waals surface area contributed by atoms with Crippen LogP contribution in [0.2, 0.25) is 19.6 Å². The molecule has 3 aromatic heterocycles. The summed E-state index contributed by atoms with van der Waals surface area (Å²) in [7, 11) is 0.233. The molecular weight excluding hydrogens is 435 g/mol. The molecule has 0 aliphatic heterocycles. The summed E-state index contributed by atoms with van der Waals surface area (Å²) >= 11 is 0. The summed E-state index contributed by atoms with van der Waals surface area (Å²) in [6.45, 7) is 7.32. The van der Waals surface area contributed by atoms with Crippen molar-refractivity contribution in [2.24, 2.45) is 13.0 Å². The molecule has 0 spiro atoms. The Hall–Kier alpha value is -3.33. The quantitative estimate of drug-likeness (QED) is 0.412. The van der Waals surface area contributed by atoms with Crippen LogP contribution in [-0.4, -0.2) is 44.6 Å². The van der Waals surface area contributed by atoms with Crippen LogP contribution in [0.25, 0.3) is 33.9 Å². The van der Waals surface area contributed by atoms with Crippen molar-refractivity contribution in [2.75, 3.05) is 6.61 Å². The zero-order valence-electron chi connectivity index (χ0n) is 19.3. The zero-order chi connectivity index (χ0) is 23.2. The fraction of sp³-hybridized carbons (Fsp3) is 0.333. The Morgan fingerprint density at radius 3 is 2.67 bits per heavy atom. The number of hydrogen-bond acceptors (Lipinski definition) is 5. The van der Waals surface area contributed by atoms with Gasteiger partial charge in [0.15, 0.2) is 0 Å². The Morgan fingerprint density at radius 1 is 1.09 bits per heavy atom. The number of imidazole rings is 1. The lowest BCUT2D eigenvalue weighted by Crippen LogP contribution is -2.40. The Bertz CT molecular complexity index is 1300. The molecular formula is C24H27FN6OSi. The van der Waals surface area contributed by atoms with E-state index in [1.807, 2.05) is 23.7 Å². The first-order valence-electron chi connectivity index (χ1n) is 11.1. The average molecular weight is 463 g/mol. The number of hydrogen-bond donors (Lipinski definition) is 1. The molecule has 5 rings (SSSR count). The topological polar surface area (TPSA) is 81.5 Å². The first-order valence-corrected chi connectivity index (χ1v) is 14.6. The van der Waals surface area contributed by atoms with Gasteiger partial charge in [-0.05, 0) is 43.0 Å². The molecule has 0 radical (unpaired) electrons. The summed E-state index contributed by atoms with van der Waals surface area (Å²) in [4.78, 5) is 9.25. The number of ether oxygens (including phenoxy) is 1. The number of aryl methyl sites for hydroxylation is 1. The van der Waals surface area contributed by atoms with Crippen LogP contribution < -0.4 is 10.1 Å². The van der Waals surface area contributed by atoms with Crippen LogP contribution in [0.15, 0.2) is 42.9 Å². The normalized spacial score (nSPS) is 14.0. The van der Waals surface area contributed by atoms with Crippen molar-refractivity contribution in [3.05, 3.63) is 48.7 Å². The number of halogens is 1. The molecule has 1 aromatic carbocycles. The molecule has 0 unspecified atom stereocenters. The number of nitrogens with one attached hydrogen (secondary N) is 1. The van der Waals surface area contributed by atoms with Gasteiger partial charge in [0, 0.05) is 30.4 Å². The van der Waals surface area contributed by atoms with E-state index in [0.29, 0.717) is 29.7 Å². The summed E-state index contributed by atoms with van der Waals surface area (Å²) in [5.41, 5.74) is 4.84. The number of nitrogens with zero attached hydrogens (tertiary/aromatic N) is 5. The molecule has 0 saturated heterocycles. The number of H-pyrrole nitrogens is 1. The van der Waals surface area contributed by atoms with Gasteiger partial charge in [-0.1, -0.05) is 19.6 Å². The van der Waals surface area contributed by atoms with Crippen LogP contribution in [0.4, 0.5) is 4.39 Å². The molecule has 1 saturated carbocycles. The van der Waals surface area contributed by atoms with Gasteiger partial charge in [0.2, 0.25) is 0 Å². The van der Waals surface area contributed by atoms with Crippen molar-refractivity contribution in [1.29, 1.82) is 0 Å². The standard InChI is InChI=1S/C24H27FN6OSi/c1-31-14-27-22(23(31)18-8-7-17(25)12-20(18)32-13-15-5-6-15)19-11-16(9-10-26-19)21-24(29-30-28-21)33(2,3)4/h7-12,14-15H,5-6,13H2,1-4H3,(H,28,29,30). The molecule has 170 valence electrons. The largest absolute Gasteiger partial charge is 0.492 e. The van der Waals surface area contributed by atoms with Crippen molar-refractivity contribution in [3.8, 4) is 39.7 Å². The minimum Gasteiger partial charge on any atom is -0.492 e. The van der Waals surface area contributed by atoms with Crippen LogP contribution in [0.1, 0.15) is 12.8 Å². The van der Waals surface area contributed by atoms with Crippen LogP contribution in [0, 0.1) is 11.7 Å². The first kappa shape index (κ1) is 21.5. The summed E-state index contributed by atoms with van der Waals surface area (Å²) in [6, 6.07) is 8.59. The van der Waals surface area contributed by atoms with Gasteiger partial charge in [-0.3, -0.25) is 4.98 Å². The molecule has 0 amide bonds. The number of aromatic amines is 1. The second-order valence-electron chi connectivity index (χ2n) is 9.65. The molecule has 1 fully saturated rings. The molecule has 1 N–H and O–H groups in total. The second kappa shape index (κ2) is 8.22. The summed E-state index contributed by atoms with van der Waals surface area (Å²) < 4.78 is 22.0. The molecule has 9 heteroatoms. The average Bonchev–Trinajstić information content (AvgIpc) is 3.31. The molecule has 7 nitrogen and oxygen atoms in total. The molecule has 33 heavy (non-hydrogen) atoms. The lowest BCUT2D eigenvalue weighted by Gasteiger charge is -2.15. The molecule has 0 atom stereocenters. The molecule has 0 bridgehead atoms. The minimum absolute atomic E-state index is 0.321. The second-order valence-corrected chi connectivity index (χ2v) is 14.6. The molecule has 3 heterocycles. The molecule has 1 aliphatic rings. The van der Waals surface area contributed by atoms with E-state index in [9.17, 15) is 4.39 Å². The highest BCUT2D eigenvalue weighted by atomic mass is 28.3. The van der Waals surface area contributed by atoms with Crippen molar-refractivity contribution < 1.29 is 9.13 Å². The summed E-state index contributed by atoms with van der Waals surface area (Å²) in [6.07, 6.45) is 5.84. The number of benzene rings is 1. The van der Waals surface area contributed by atoms with E-state index in [1.54, 1.807) is 18.6 Å². The van der Waals surface area contributed by atoms with Gasteiger partial charge >= 0.3 is 0 Å². The van der Waals surface area contributed by atoms with Crippen LogP contribution in [-0.2, 0) is 7.05 Å². The maximum Gasteiger partial charge on any atom is 0.131 e. The first-order chi connectivity index (χ1) is 15.8. The van der Waals surface area contributed by atoms with Gasteiger partial charge in [0.05, 0.1) is 29.6 Å². The van der Waals surface area contributed by atoms with E-state index in [4.69, 9.17) is 4.74 Å². The van der Waals surface area contributed by atoms with E-state index in [2.05, 4.69) is 45.0 Å². The Morgan fingerprint density at radius 2 is 1.91 bits per heavy atom. The van der Waals surface area contributed by atoms with Crippen molar-refractivity contribution in [1.82, 2.24) is 29.9 Å². The summed E-state index contributed by atoms with van der Waals surface area (Å²) in [5, 5.41) is 12.7. The monoisotopic (exact) mass is 462 g/mol. The van der Waals surface area contributed by atoms with Crippen LogP contribution in [0.5, 0.6) is 5.75 Å². The van der Waals surface area contributed by atoms with Gasteiger partial charge in [-0.2, -0.15) is 15.4 Å². The number of rotatable bonds is 7. The SMILES string of the molecule is Cn1cnc(-c2cc(-c3n[nH]nc3[Si](C)(C)C)ccn2)c1-c1ccc(F)cc1OCC1CC1. The van der Waals surface area contributed by atoms with Gasteiger partial charge in [0.25, 0.3) is 0 Å². The van der Waals surface area contributed by atoms with Gasteiger partial charge in [0.1, 0.15) is 31.0 Å². The maximum absolute atomic E-state index is 14.1. The number of aromatic nitrogens is 6. The minimum atomic E-state index is -1.69. The highest BCUT2D eigenvalue weighted by molar-refractivity contribution is 6.89. The van der Waals surface area contributed by atoms with E-state index >= 15 is 0 Å². The Balaban J connectivity index is 1.58. The third-order valence-corrected chi connectivity index (χ3v) is 7.61. The highest BCUT2D eigenvalue weighted by Crippen LogP contribution is 2.38. The van der Waals surface area contributed by atoms with Gasteiger partial charge in [-0.25, -0.2) is 9.37 Å². The lowest BCUT2D eigenvalue weighted by atomic mass is 10.0. The van der Waals surface area contributed by atoms with Gasteiger partial charge < -0.3 is 9.30 Å². The predicted molar refractivity (Wildman–Crippen MR) is 128 cm³/mol. The summed E-state index contributed by atoms with van der Waals surface area (Å²) in [5.74, 6) is 0.771. The fourth-order valence-electron chi connectivity index (χ4n) is 3.90. The zero-order valence-corrected chi connectivity index (χ0v) is 20.3. The van der Waals surface area contributed by atoms with E-state index in [-0.39, 0.29) is 5.82 Å².